The van der Waals surface area contributed by atoms with Crippen molar-refractivity contribution in [2.75, 3.05) is 13.7 Å². The summed E-state index contributed by atoms with van der Waals surface area (Å²) in [6.07, 6.45) is 4.44. The van der Waals surface area contributed by atoms with E-state index in [1.165, 1.54) is 7.11 Å². The van der Waals surface area contributed by atoms with Crippen molar-refractivity contribution in [3.8, 4) is 34.3 Å². The highest BCUT2D eigenvalue weighted by Crippen LogP contribution is 2.43. The number of ether oxygens (including phenoxy) is 2. The van der Waals surface area contributed by atoms with Gasteiger partial charge in [0, 0.05) is 16.7 Å². The van der Waals surface area contributed by atoms with Gasteiger partial charge in [-0.15, -0.1) is 0 Å². The number of allylic oxidation sites excluding steroid dienone is 4. The first-order valence-electron chi connectivity index (χ1n) is 11.3. The van der Waals surface area contributed by atoms with Gasteiger partial charge in [0.1, 0.15) is 28.2 Å². The van der Waals surface area contributed by atoms with Gasteiger partial charge in [0.05, 0.1) is 13.7 Å². The molecule has 2 N–H and O–H groups in total. The second-order valence-electron chi connectivity index (χ2n) is 8.58. The van der Waals surface area contributed by atoms with Gasteiger partial charge >= 0.3 is 0 Å². The summed E-state index contributed by atoms with van der Waals surface area (Å²) < 4.78 is 17.2. The molecule has 0 saturated heterocycles. The highest BCUT2D eigenvalue weighted by Gasteiger charge is 2.26. The lowest BCUT2D eigenvalue weighted by Gasteiger charge is -2.16. The van der Waals surface area contributed by atoms with E-state index in [0.29, 0.717) is 29.9 Å². The fourth-order valence-electron chi connectivity index (χ4n) is 3.74. The van der Waals surface area contributed by atoms with Crippen LogP contribution >= 0.6 is 0 Å². The minimum Gasteiger partial charge on any atom is -0.507 e. The molecule has 0 unspecified atom stereocenters. The Hall–Kier alpha value is -3.67. The minimum absolute atomic E-state index is 0.00125. The molecule has 1 heterocycles. The molecule has 34 heavy (non-hydrogen) atoms. The molecular weight excluding hydrogens is 432 g/mol. The van der Waals surface area contributed by atoms with Crippen molar-refractivity contribution in [1.29, 1.82) is 0 Å². The first-order valence-corrected chi connectivity index (χ1v) is 11.3. The molecule has 1 aromatic heterocycles. The van der Waals surface area contributed by atoms with Gasteiger partial charge in [0.25, 0.3) is 0 Å². The average Bonchev–Trinajstić information content (AvgIpc) is 2.78. The Bertz CT molecular complexity index is 1300. The summed E-state index contributed by atoms with van der Waals surface area (Å²) in [5.74, 6) is 0.523. The van der Waals surface area contributed by atoms with Crippen LogP contribution < -0.4 is 14.9 Å². The lowest BCUT2D eigenvalue weighted by atomic mass is 9.96. The summed E-state index contributed by atoms with van der Waals surface area (Å²) >= 11 is 0. The Balaban J connectivity index is 2.38. The Morgan fingerprint density at radius 1 is 0.941 bits per heavy atom. The maximum absolute atomic E-state index is 13.6. The molecule has 0 fully saturated rings. The zero-order valence-corrected chi connectivity index (χ0v) is 20.6. The number of methoxy groups -OCH3 is 1. The summed E-state index contributed by atoms with van der Waals surface area (Å²) in [4.78, 5) is 13.6. The lowest BCUT2D eigenvalue weighted by Crippen LogP contribution is -2.10. The third-order valence-corrected chi connectivity index (χ3v) is 5.50. The van der Waals surface area contributed by atoms with Gasteiger partial charge in [0.2, 0.25) is 11.2 Å². The second kappa shape index (κ2) is 10.5. The molecule has 0 spiro atoms. The fraction of sp³-hybridized carbons (Fsp3) is 0.321. The Labute approximate surface area is 199 Å². The molecule has 0 bridgehead atoms. The number of phenols is 2. The fourth-order valence-corrected chi connectivity index (χ4v) is 3.74. The van der Waals surface area contributed by atoms with Gasteiger partial charge in [-0.05, 0) is 71.7 Å². The molecule has 0 aliphatic rings. The van der Waals surface area contributed by atoms with E-state index in [4.69, 9.17) is 13.9 Å². The van der Waals surface area contributed by atoms with E-state index >= 15 is 0 Å². The monoisotopic (exact) mass is 464 g/mol. The van der Waals surface area contributed by atoms with Crippen molar-refractivity contribution >= 4 is 11.0 Å². The van der Waals surface area contributed by atoms with Crippen molar-refractivity contribution in [2.24, 2.45) is 0 Å². The van der Waals surface area contributed by atoms with Crippen molar-refractivity contribution < 1.29 is 24.1 Å². The first kappa shape index (κ1) is 25.0. The quantitative estimate of drug-likeness (QED) is 0.381. The predicted octanol–water partition coefficient (Wildman–Crippen LogP) is 6.30. The molecule has 6 nitrogen and oxygen atoms in total. The van der Waals surface area contributed by atoms with Crippen LogP contribution in [0.5, 0.6) is 23.0 Å². The summed E-state index contributed by atoms with van der Waals surface area (Å²) in [5.41, 5.74) is 3.06. The number of benzene rings is 2. The first-order chi connectivity index (χ1) is 16.2. The highest BCUT2D eigenvalue weighted by molar-refractivity contribution is 5.93. The number of phenolic OH excluding ortho intramolecular Hbond substituents is 2. The molecule has 180 valence electrons. The van der Waals surface area contributed by atoms with Crippen LogP contribution in [0.2, 0.25) is 0 Å². The Morgan fingerprint density at radius 3 is 2.06 bits per heavy atom. The van der Waals surface area contributed by atoms with E-state index in [0.717, 1.165) is 11.1 Å². The summed E-state index contributed by atoms with van der Waals surface area (Å²) in [6.45, 7) is 10.2. The maximum atomic E-state index is 13.6. The standard InChI is InChI=1S/C28H32O6/c1-7-33-19-12-10-18(11-13-19)26-28(32-6)25(31)22-24(30)20(14-8-16(2)3)23(29)21(27(22)34-26)15-9-17(4)5/h8-13,29-30H,7,14-15H2,1-6H3. The number of hydrogen-bond donors (Lipinski definition) is 2. The Kier molecular flexibility index (Phi) is 7.72. The topological polar surface area (TPSA) is 89.1 Å². The summed E-state index contributed by atoms with van der Waals surface area (Å²) in [7, 11) is 1.39. The van der Waals surface area contributed by atoms with Gasteiger partial charge < -0.3 is 24.1 Å². The van der Waals surface area contributed by atoms with E-state index in [9.17, 15) is 15.0 Å². The van der Waals surface area contributed by atoms with Crippen molar-refractivity contribution in [3.05, 3.63) is 68.9 Å². The molecule has 3 aromatic rings. The van der Waals surface area contributed by atoms with Gasteiger partial charge in [-0.1, -0.05) is 23.3 Å². The van der Waals surface area contributed by atoms with Crippen LogP contribution in [0.15, 0.2) is 56.8 Å². The van der Waals surface area contributed by atoms with E-state index in [-0.39, 0.29) is 46.0 Å². The molecule has 3 rings (SSSR count). The summed E-state index contributed by atoms with van der Waals surface area (Å²) in [5, 5.41) is 22.2. The van der Waals surface area contributed by atoms with Crippen molar-refractivity contribution in [2.45, 2.75) is 47.5 Å². The third kappa shape index (κ3) is 4.96. The van der Waals surface area contributed by atoms with Crippen LogP contribution in [0, 0.1) is 0 Å². The largest absolute Gasteiger partial charge is 0.507 e. The highest BCUT2D eigenvalue weighted by atomic mass is 16.5. The minimum atomic E-state index is -0.498. The van der Waals surface area contributed by atoms with E-state index in [1.807, 2.05) is 46.8 Å². The van der Waals surface area contributed by atoms with Crippen molar-refractivity contribution in [1.82, 2.24) is 0 Å². The van der Waals surface area contributed by atoms with Gasteiger partial charge in [0.15, 0.2) is 5.76 Å². The zero-order chi connectivity index (χ0) is 25.0. The van der Waals surface area contributed by atoms with E-state index in [2.05, 4.69) is 0 Å². The van der Waals surface area contributed by atoms with Gasteiger partial charge in [-0.3, -0.25) is 4.79 Å². The van der Waals surface area contributed by atoms with Crippen LogP contribution in [0.1, 0.15) is 45.7 Å². The lowest BCUT2D eigenvalue weighted by molar-refractivity contribution is 0.340. The normalized spacial score (nSPS) is 10.8. The van der Waals surface area contributed by atoms with Crippen LogP contribution in [0.3, 0.4) is 0 Å². The van der Waals surface area contributed by atoms with Crippen molar-refractivity contribution in [3.63, 3.8) is 0 Å². The van der Waals surface area contributed by atoms with Gasteiger partial charge in [-0.25, -0.2) is 0 Å². The average molecular weight is 465 g/mol. The van der Waals surface area contributed by atoms with Gasteiger partial charge in [-0.2, -0.15) is 0 Å². The zero-order valence-electron chi connectivity index (χ0n) is 20.6. The predicted molar refractivity (Wildman–Crippen MR) is 135 cm³/mol. The molecular formula is C28H32O6. The Morgan fingerprint density at radius 2 is 1.53 bits per heavy atom. The second-order valence-corrected chi connectivity index (χ2v) is 8.58. The number of fused-ring (bicyclic) bond motifs is 1. The molecule has 0 aliphatic heterocycles. The maximum Gasteiger partial charge on any atom is 0.239 e. The molecule has 0 saturated carbocycles. The molecule has 2 aromatic carbocycles. The van der Waals surface area contributed by atoms with E-state index < -0.39 is 5.43 Å². The smallest absolute Gasteiger partial charge is 0.239 e. The molecule has 6 heteroatoms. The van der Waals surface area contributed by atoms with E-state index in [1.54, 1.807) is 24.3 Å². The number of hydrogen-bond acceptors (Lipinski definition) is 6. The third-order valence-electron chi connectivity index (χ3n) is 5.50. The number of aromatic hydroxyl groups is 2. The molecule has 0 aliphatic carbocycles. The summed E-state index contributed by atoms with van der Waals surface area (Å²) in [6, 6.07) is 7.11. The van der Waals surface area contributed by atoms with Crippen LogP contribution in [-0.4, -0.2) is 23.9 Å². The van der Waals surface area contributed by atoms with Crippen LogP contribution in [0.25, 0.3) is 22.3 Å². The van der Waals surface area contributed by atoms with Crippen LogP contribution in [-0.2, 0) is 12.8 Å². The molecule has 0 radical (unpaired) electrons. The number of rotatable bonds is 8. The van der Waals surface area contributed by atoms with Crippen LogP contribution in [0.4, 0.5) is 0 Å². The molecule has 0 atom stereocenters. The SMILES string of the molecule is CCOc1ccc(-c2oc3c(CC=C(C)C)c(O)c(CC=C(C)C)c(O)c3c(=O)c2OC)cc1. The molecule has 0 amide bonds.